The molecule has 7 heteroatoms. The molecule has 0 aromatic heterocycles. The second-order valence-corrected chi connectivity index (χ2v) is 11.9. The monoisotopic (exact) mass is 545 g/mol. The van der Waals surface area contributed by atoms with Gasteiger partial charge in [0.2, 0.25) is 0 Å². The summed E-state index contributed by atoms with van der Waals surface area (Å²) in [5.74, 6) is 0.458. The van der Waals surface area contributed by atoms with Crippen molar-refractivity contribution >= 4 is 23.6 Å². The van der Waals surface area contributed by atoms with Gasteiger partial charge in [0.15, 0.2) is 0 Å². The van der Waals surface area contributed by atoms with E-state index in [0.717, 1.165) is 41.0 Å². The summed E-state index contributed by atoms with van der Waals surface area (Å²) in [6.45, 7) is 4.27. The number of carboxylic acids is 1. The van der Waals surface area contributed by atoms with E-state index in [4.69, 9.17) is 5.73 Å². The van der Waals surface area contributed by atoms with Gasteiger partial charge in [0.25, 0.3) is 5.91 Å². The number of aryl methyl sites for hydroxylation is 1. The molecule has 2 aromatic carbocycles. The fourth-order valence-electron chi connectivity index (χ4n) is 5.83. The van der Waals surface area contributed by atoms with E-state index in [-0.39, 0.29) is 30.8 Å². The van der Waals surface area contributed by atoms with E-state index in [1.165, 1.54) is 44.9 Å². The molecule has 3 rings (SSSR count). The smallest absolute Gasteiger partial charge is 0.480 e. The first-order chi connectivity index (χ1) is 18.3. The SMILES string of the molecule is CCCCC(CC1CCCCC1)C(N)c1ccc(C(=O)NC(CCSC)C(=O)O)c(-c2ccccc2C)c1.[Li+]. The van der Waals surface area contributed by atoms with E-state index in [1.54, 1.807) is 11.8 Å². The predicted molar refractivity (Wildman–Crippen MR) is 160 cm³/mol. The van der Waals surface area contributed by atoms with Crippen LogP contribution in [0.3, 0.4) is 0 Å². The van der Waals surface area contributed by atoms with E-state index >= 15 is 0 Å². The van der Waals surface area contributed by atoms with Gasteiger partial charge >= 0.3 is 24.8 Å². The first kappa shape index (κ1) is 33.5. The van der Waals surface area contributed by atoms with Crippen molar-refractivity contribution in [2.75, 3.05) is 12.0 Å². The van der Waals surface area contributed by atoms with Crippen molar-refractivity contribution in [2.24, 2.45) is 17.6 Å². The molecular formula is C32H46LiN2O3S+. The average Bonchev–Trinajstić information content (AvgIpc) is 2.93. The number of benzene rings is 2. The van der Waals surface area contributed by atoms with E-state index < -0.39 is 12.0 Å². The second kappa shape index (κ2) is 17.2. The van der Waals surface area contributed by atoms with Crippen LogP contribution in [0.5, 0.6) is 0 Å². The molecule has 39 heavy (non-hydrogen) atoms. The first-order valence-electron chi connectivity index (χ1n) is 14.3. The standard InChI is InChI=1S/C32H46N2O3S.Li/c1-4-5-14-24(20-23-12-7-6-8-13-23)30(33)25-16-17-27(28(21-25)26-15-10-9-11-22(26)2)31(35)34-29(32(36)37)18-19-38-3;/h9-11,15-17,21,23-24,29-30H,4-8,12-14,18-20,33H2,1-3H3,(H,34,35)(H,36,37);/q;+1. The Labute approximate surface area is 251 Å². The van der Waals surface area contributed by atoms with Gasteiger partial charge in [0.05, 0.1) is 0 Å². The van der Waals surface area contributed by atoms with Gasteiger partial charge in [-0.15, -0.1) is 0 Å². The minimum atomic E-state index is -1.01. The summed E-state index contributed by atoms with van der Waals surface area (Å²) in [5.41, 5.74) is 11.4. The van der Waals surface area contributed by atoms with Crippen LogP contribution in [0.4, 0.5) is 0 Å². The van der Waals surface area contributed by atoms with Gasteiger partial charge in [-0.3, -0.25) is 4.79 Å². The molecule has 1 aliphatic rings. The summed E-state index contributed by atoms with van der Waals surface area (Å²) in [4.78, 5) is 25.2. The molecule has 1 aliphatic carbocycles. The third-order valence-corrected chi connectivity index (χ3v) is 8.76. The number of nitrogens with two attached hydrogens (primary N) is 1. The fraction of sp³-hybridized carbons (Fsp3) is 0.562. The molecule has 0 heterocycles. The molecule has 0 bridgehead atoms. The molecule has 2 aromatic rings. The maximum atomic E-state index is 13.4. The van der Waals surface area contributed by atoms with Gasteiger partial charge in [-0.05, 0) is 84.4 Å². The van der Waals surface area contributed by atoms with Gasteiger partial charge in [-0.1, -0.05) is 82.2 Å². The van der Waals surface area contributed by atoms with Crippen LogP contribution < -0.4 is 29.9 Å². The molecule has 5 nitrogen and oxygen atoms in total. The van der Waals surface area contributed by atoms with Crippen LogP contribution in [0.25, 0.3) is 11.1 Å². The summed E-state index contributed by atoms with van der Waals surface area (Å²) in [6.07, 6.45) is 13.5. The van der Waals surface area contributed by atoms with Gasteiger partial charge < -0.3 is 16.2 Å². The zero-order chi connectivity index (χ0) is 27.5. The topological polar surface area (TPSA) is 92.4 Å². The number of unbranched alkanes of at least 4 members (excludes halogenated alkanes) is 1. The molecule has 4 N–H and O–H groups in total. The summed E-state index contributed by atoms with van der Waals surface area (Å²) < 4.78 is 0. The Hall–Kier alpha value is -1.71. The Kier molecular flexibility index (Phi) is 14.8. The number of hydrogen-bond donors (Lipinski definition) is 3. The molecule has 208 valence electrons. The first-order valence-corrected chi connectivity index (χ1v) is 15.7. The molecule has 0 aliphatic heterocycles. The Balaban J connectivity index is 0.00000533. The van der Waals surface area contributed by atoms with Crippen molar-refractivity contribution in [3.8, 4) is 11.1 Å². The maximum Gasteiger partial charge on any atom is 1.00 e. The molecule has 0 spiro atoms. The van der Waals surface area contributed by atoms with Gasteiger partial charge in [-0.25, -0.2) is 4.79 Å². The van der Waals surface area contributed by atoms with Gasteiger partial charge in [0, 0.05) is 11.6 Å². The van der Waals surface area contributed by atoms with Crippen LogP contribution in [0.2, 0.25) is 0 Å². The van der Waals surface area contributed by atoms with Crippen molar-refractivity contribution in [3.63, 3.8) is 0 Å². The van der Waals surface area contributed by atoms with Crippen molar-refractivity contribution in [3.05, 3.63) is 59.2 Å². The molecule has 0 saturated heterocycles. The Bertz CT molecular complexity index is 1060. The van der Waals surface area contributed by atoms with Crippen molar-refractivity contribution in [1.29, 1.82) is 0 Å². The quantitative estimate of drug-likeness (QED) is 0.307. The van der Waals surface area contributed by atoms with Crippen LogP contribution in [0.15, 0.2) is 42.5 Å². The number of nitrogens with one attached hydrogen (secondary N) is 1. The minimum absolute atomic E-state index is 0. The summed E-state index contributed by atoms with van der Waals surface area (Å²) in [7, 11) is 0. The van der Waals surface area contributed by atoms with Crippen molar-refractivity contribution in [1.82, 2.24) is 5.32 Å². The number of aliphatic carboxylic acids is 1. The number of carbonyl (C=O) groups is 2. The molecular weight excluding hydrogens is 499 g/mol. The number of carboxylic acid groups (broad SMARTS) is 1. The van der Waals surface area contributed by atoms with Gasteiger partial charge in [-0.2, -0.15) is 11.8 Å². The number of carbonyl (C=O) groups excluding carboxylic acids is 1. The van der Waals surface area contributed by atoms with Crippen LogP contribution in [0, 0.1) is 18.8 Å². The van der Waals surface area contributed by atoms with Crippen LogP contribution in [-0.2, 0) is 4.79 Å². The molecule has 3 unspecified atom stereocenters. The third-order valence-electron chi connectivity index (χ3n) is 8.12. The van der Waals surface area contributed by atoms with E-state index in [0.29, 0.717) is 23.7 Å². The minimum Gasteiger partial charge on any atom is -0.480 e. The molecule has 1 amide bonds. The fourth-order valence-corrected chi connectivity index (χ4v) is 6.30. The second-order valence-electron chi connectivity index (χ2n) is 10.9. The van der Waals surface area contributed by atoms with E-state index in [9.17, 15) is 14.7 Å². The zero-order valence-electron chi connectivity index (χ0n) is 24.4. The maximum absolute atomic E-state index is 13.4. The van der Waals surface area contributed by atoms with Crippen molar-refractivity contribution in [2.45, 2.75) is 90.1 Å². The predicted octanol–water partition coefficient (Wildman–Crippen LogP) is 4.38. The Morgan fingerprint density at radius 1 is 1.08 bits per heavy atom. The largest absolute Gasteiger partial charge is 1.00 e. The van der Waals surface area contributed by atoms with E-state index in [2.05, 4.69) is 18.3 Å². The zero-order valence-corrected chi connectivity index (χ0v) is 25.2. The summed E-state index contributed by atoms with van der Waals surface area (Å²) >= 11 is 1.57. The average molecular weight is 546 g/mol. The summed E-state index contributed by atoms with van der Waals surface area (Å²) in [6, 6.07) is 12.9. The summed E-state index contributed by atoms with van der Waals surface area (Å²) in [5, 5.41) is 12.4. The Morgan fingerprint density at radius 2 is 1.79 bits per heavy atom. The molecule has 1 saturated carbocycles. The normalized spacial score (nSPS) is 16.1. The van der Waals surface area contributed by atoms with Crippen LogP contribution >= 0.6 is 11.8 Å². The molecule has 3 atom stereocenters. The number of rotatable bonds is 14. The third kappa shape index (κ3) is 9.71. The number of thioether (sulfide) groups is 1. The van der Waals surface area contributed by atoms with Crippen LogP contribution in [0.1, 0.15) is 98.7 Å². The molecule has 1 fully saturated rings. The molecule has 0 radical (unpaired) electrons. The van der Waals surface area contributed by atoms with Crippen molar-refractivity contribution < 1.29 is 33.6 Å². The van der Waals surface area contributed by atoms with Gasteiger partial charge in [0.1, 0.15) is 6.04 Å². The van der Waals surface area contributed by atoms with Crippen LogP contribution in [-0.4, -0.2) is 35.0 Å². The Morgan fingerprint density at radius 3 is 2.44 bits per heavy atom. The number of hydrogen-bond acceptors (Lipinski definition) is 4. The number of amides is 1. The van der Waals surface area contributed by atoms with E-state index in [1.807, 2.05) is 49.6 Å².